The second-order valence-electron chi connectivity index (χ2n) is 6.98. The average Bonchev–Trinajstić information content (AvgIpc) is 2.77. The van der Waals surface area contributed by atoms with Crippen molar-refractivity contribution < 1.29 is 22.7 Å². The van der Waals surface area contributed by atoms with Crippen molar-refractivity contribution in [3.05, 3.63) is 88.4 Å². The van der Waals surface area contributed by atoms with Crippen LogP contribution < -0.4 is 5.56 Å². The summed E-state index contributed by atoms with van der Waals surface area (Å²) in [6.45, 7) is 1.95. The molecule has 0 aliphatic carbocycles. The third-order valence-electron chi connectivity index (χ3n) is 4.87. The number of alkyl halides is 3. The Labute approximate surface area is 180 Å². The minimum atomic E-state index is -4.54. The highest BCUT2D eigenvalue weighted by atomic mass is 19.4. The zero-order chi connectivity index (χ0) is 22.9. The fraction of sp³-hybridized carbons (Fsp3) is 0.125. The molecule has 0 aliphatic rings. The van der Waals surface area contributed by atoms with Crippen LogP contribution in [0.3, 0.4) is 0 Å². The van der Waals surface area contributed by atoms with Gasteiger partial charge in [-0.3, -0.25) is 14.3 Å². The summed E-state index contributed by atoms with van der Waals surface area (Å²) in [6.07, 6.45) is -0.136. The van der Waals surface area contributed by atoms with Crippen LogP contribution in [0.5, 0.6) is 0 Å². The zero-order valence-electron chi connectivity index (χ0n) is 16.9. The van der Waals surface area contributed by atoms with Gasteiger partial charge in [-0.2, -0.15) is 13.2 Å². The highest BCUT2D eigenvalue weighted by Gasteiger charge is 2.30. The summed E-state index contributed by atoms with van der Waals surface area (Å²) >= 11 is 0. The van der Waals surface area contributed by atoms with Gasteiger partial charge in [-0.05, 0) is 55.0 Å². The number of pyridine rings is 2. The number of carbonyl (C=O) groups is 1. The molecule has 162 valence electrons. The van der Waals surface area contributed by atoms with Gasteiger partial charge < -0.3 is 4.74 Å². The van der Waals surface area contributed by atoms with Crippen LogP contribution in [0.2, 0.25) is 0 Å². The van der Waals surface area contributed by atoms with Crippen LogP contribution in [-0.4, -0.2) is 22.1 Å². The van der Waals surface area contributed by atoms with Crippen LogP contribution in [0.4, 0.5) is 13.2 Å². The first-order valence-corrected chi connectivity index (χ1v) is 9.75. The van der Waals surface area contributed by atoms with Gasteiger partial charge in [0.05, 0.1) is 23.2 Å². The van der Waals surface area contributed by atoms with E-state index in [-0.39, 0.29) is 12.3 Å². The molecule has 4 aromatic rings. The summed E-state index contributed by atoms with van der Waals surface area (Å²) in [5.41, 5.74) is 0.388. The molecule has 0 fully saturated rings. The average molecular weight is 438 g/mol. The number of halogens is 3. The fourth-order valence-electron chi connectivity index (χ4n) is 3.46. The van der Waals surface area contributed by atoms with Gasteiger partial charge in [0.2, 0.25) is 0 Å². The molecule has 0 bridgehead atoms. The van der Waals surface area contributed by atoms with E-state index in [1.165, 1.54) is 28.8 Å². The Morgan fingerprint density at radius 3 is 2.69 bits per heavy atom. The number of hydrogen-bond acceptors (Lipinski definition) is 4. The van der Waals surface area contributed by atoms with Gasteiger partial charge >= 0.3 is 12.1 Å². The normalized spacial score (nSPS) is 12.0. The molecule has 2 aromatic heterocycles. The Kier molecular flexibility index (Phi) is 5.52. The van der Waals surface area contributed by atoms with E-state index in [9.17, 15) is 22.8 Å². The van der Waals surface area contributed by atoms with Crippen molar-refractivity contribution in [2.75, 3.05) is 6.61 Å². The maximum atomic E-state index is 13.3. The molecule has 4 rings (SSSR count). The minimum absolute atomic E-state index is 0.0930. The monoisotopic (exact) mass is 438 g/mol. The molecular weight excluding hydrogens is 421 g/mol. The molecule has 0 atom stereocenters. The van der Waals surface area contributed by atoms with E-state index in [1.54, 1.807) is 43.5 Å². The Morgan fingerprint density at radius 2 is 1.94 bits per heavy atom. The first-order chi connectivity index (χ1) is 15.3. The summed E-state index contributed by atoms with van der Waals surface area (Å²) < 4.78 is 45.9. The molecule has 0 saturated carbocycles. The van der Waals surface area contributed by atoms with Gasteiger partial charge in [-0.1, -0.05) is 12.1 Å². The van der Waals surface area contributed by atoms with Crippen LogP contribution in [-0.2, 0) is 15.7 Å². The first-order valence-electron chi connectivity index (χ1n) is 9.75. The van der Waals surface area contributed by atoms with E-state index in [0.29, 0.717) is 27.4 Å². The van der Waals surface area contributed by atoms with Crippen molar-refractivity contribution in [1.82, 2.24) is 9.55 Å². The molecule has 0 unspecified atom stereocenters. The van der Waals surface area contributed by atoms with Gasteiger partial charge in [-0.15, -0.1) is 0 Å². The molecule has 8 heteroatoms. The first kappa shape index (κ1) is 21.3. The molecule has 0 saturated heterocycles. The van der Waals surface area contributed by atoms with E-state index in [4.69, 9.17) is 4.74 Å². The van der Waals surface area contributed by atoms with E-state index in [1.807, 2.05) is 0 Å². The second kappa shape index (κ2) is 8.30. The van der Waals surface area contributed by atoms with Crippen molar-refractivity contribution in [2.24, 2.45) is 0 Å². The second-order valence-corrected chi connectivity index (χ2v) is 6.98. The van der Waals surface area contributed by atoms with Crippen molar-refractivity contribution >= 4 is 33.9 Å². The van der Waals surface area contributed by atoms with Crippen molar-refractivity contribution in [1.29, 1.82) is 0 Å². The summed E-state index contributed by atoms with van der Waals surface area (Å²) in [5.74, 6) is -0.496. The standard InChI is InChI=1S/C24H17F3N2O3/c1-2-32-22(31)11-7-15-6-9-20-19(12-15)23-16(14-28-20)8-10-21(30)29(23)18-5-3-4-17(13-18)24(25,26)27/h3-14H,2H2,1H3/b11-7+. The molecule has 2 aromatic carbocycles. The van der Waals surface area contributed by atoms with Crippen LogP contribution in [0, 0.1) is 0 Å². The minimum Gasteiger partial charge on any atom is -0.463 e. The Hall–Kier alpha value is -3.94. The largest absolute Gasteiger partial charge is 0.463 e. The fourth-order valence-corrected chi connectivity index (χ4v) is 3.46. The topological polar surface area (TPSA) is 61.2 Å². The van der Waals surface area contributed by atoms with Gasteiger partial charge in [0, 0.05) is 34.8 Å². The number of fused-ring (bicyclic) bond motifs is 3. The van der Waals surface area contributed by atoms with Crippen molar-refractivity contribution in [3.63, 3.8) is 0 Å². The summed E-state index contributed by atoms with van der Waals surface area (Å²) in [4.78, 5) is 28.8. The van der Waals surface area contributed by atoms with Crippen LogP contribution in [0.1, 0.15) is 18.1 Å². The Morgan fingerprint density at radius 1 is 1.12 bits per heavy atom. The third kappa shape index (κ3) is 4.12. The van der Waals surface area contributed by atoms with Crippen molar-refractivity contribution in [2.45, 2.75) is 13.1 Å². The molecular formula is C24H17F3N2O3. The quantitative estimate of drug-likeness (QED) is 0.252. The molecule has 0 aliphatic heterocycles. The highest BCUT2D eigenvalue weighted by Crippen LogP contribution is 2.31. The highest BCUT2D eigenvalue weighted by molar-refractivity contribution is 6.04. The molecule has 0 radical (unpaired) electrons. The predicted octanol–water partition coefficient (Wildman–Crippen LogP) is 5.13. The molecule has 2 heterocycles. The lowest BCUT2D eigenvalue weighted by molar-refractivity contribution is -0.138. The number of nitrogens with zero attached hydrogens (tertiary/aromatic N) is 2. The number of aromatic nitrogens is 2. The number of carbonyl (C=O) groups excluding carboxylic acids is 1. The maximum absolute atomic E-state index is 13.3. The number of hydrogen-bond donors (Lipinski definition) is 0. The number of ether oxygens (including phenoxy) is 1. The van der Waals surface area contributed by atoms with E-state index in [2.05, 4.69) is 4.98 Å². The number of benzene rings is 2. The van der Waals surface area contributed by atoms with Gasteiger partial charge in [0.1, 0.15) is 0 Å². The SMILES string of the molecule is CCOC(=O)/C=C/c1ccc2ncc3ccc(=O)n(-c4cccc(C(F)(F)F)c4)c3c2c1. The van der Waals surface area contributed by atoms with E-state index >= 15 is 0 Å². The van der Waals surface area contributed by atoms with Gasteiger partial charge in [0.25, 0.3) is 5.56 Å². The Balaban J connectivity index is 1.98. The molecule has 5 nitrogen and oxygen atoms in total. The number of esters is 1. The molecule has 0 amide bonds. The number of rotatable bonds is 4. The van der Waals surface area contributed by atoms with Crippen LogP contribution in [0.15, 0.2) is 71.7 Å². The predicted molar refractivity (Wildman–Crippen MR) is 116 cm³/mol. The van der Waals surface area contributed by atoms with E-state index < -0.39 is 23.3 Å². The van der Waals surface area contributed by atoms with E-state index in [0.717, 1.165) is 12.1 Å². The lowest BCUT2D eigenvalue weighted by atomic mass is 10.1. The summed E-state index contributed by atoms with van der Waals surface area (Å²) in [7, 11) is 0. The zero-order valence-corrected chi connectivity index (χ0v) is 16.9. The van der Waals surface area contributed by atoms with Crippen molar-refractivity contribution in [3.8, 4) is 5.69 Å². The molecule has 0 spiro atoms. The van der Waals surface area contributed by atoms with Crippen LogP contribution >= 0.6 is 0 Å². The summed E-state index contributed by atoms with van der Waals surface area (Å²) in [6, 6.07) is 12.7. The van der Waals surface area contributed by atoms with Crippen LogP contribution in [0.25, 0.3) is 33.6 Å². The van der Waals surface area contributed by atoms with Gasteiger partial charge in [0.15, 0.2) is 0 Å². The third-order valence-corrected chi connectivity index (χ3v) is 4.87. The molecule has 0 N–H and O–H groups in total. The lowest BCUT2D eigenvalue weighted by Crippen LogP contribution is -2.18. The summed E-state index contributed by atoms with van der Waals surface area (Å²) in [5, 5.41) is 1.14. The molecule has 32 heavy (non-hydrogen) atoms. The van der Waals surface area contributed by atoms with Gasteiger partial charge in [-0.25, -0.2) is 4.79 Å². The smallest absolute Gasteiger partial charge is 0.416 e. The Bertz CT molecular complexity index is 1420. The lowest BCUT2D eigenvalue weighted by Gasteiger charge is -2.14. The maximum Gasteiger partial charge on any atom is 0.416 e.